The number of imide groups is 1. The van der Waals surface area contributed by atoms with E-state index in [1.165, 1.54) is 6.07 Å². The molecule has 2 amide bonds. The summed E-state index contributed by atoms with van der Waals surface area (Å²) in [4.78, 5) is 30.4. The fourth-order valence-corrected chi connectivity index (χ4v) is 4.29. The van der Waals surface area contributed by atoms with Crippen LogP contribution in [0.15, 0.2) is 78.5 Å². The maximum Gasteiger partial charge on any atom is 0.278 e. The predicted octanol–water partition coefficient (Wildman–Crippen LogP) is 5.24. The van der Waals surface area contributed by atoms with E-state index in [0.29, 0.717) is 29.9 Å². The van der Waals surface area contributed by atoms with Crippen molar-refractivity contribution < 1.29 is 14.0 Å². The van der Waals surface area contributed by atoms with Gasteiger partial charge >= 0.3 is 0 Å². The molecule has 1 aliphatic heterocycles. The smallest absolute Gasteiger partial charge is 0.278 e. The van der Waals surface area contributed by atoms with Crippen LogP contribution in [0, 0.1) is 19.7 Å². The van der Waals surface area contributed by atoms with E-state index < -0.39 is 17.6 Å². The third-order valence-corrected chi connectivity index (χ3v) is 6.00. The number of halogens is 1. The van der Waals surface area contributed by atoms with Gasteiger partial charge in [0.05, 0.1) is 12.1 Å². The number of likely N-dealkylation sites (N-methyl/N-ethyl adjacent to an activating group) is 1. The molecule has 0 fully saturated rings. The molecule has 1 aliphatic rings. The van der Waals surface area contributed by atoms with Gasteiger partial charge < -0.3 is 4.90 Å². The van der Waals surface area contributed by atoms with Crippen LogP contribution in [0.25, 0.3) is 5.57 Å². The minimum absolute atomic E-state index is 0.106. The number of hydrogen-bond acceptors (Lipinski definition) is 3. The maximum atomic E-state index is 14.4. The molecular formula is C28H27FN2O2. The van der Waals surface area contributed by atoms with Crippen LogP contribution in [0.5, 0.6) is 0 Å². The number of amides is 2. The van der Waals surface area contributed by atoms with Gasteiger partial charge in [0, 0.05) is 18.7 Å². The Kier molecular flexibility index (Phi) is 6.40. The second kappa shape index (κ2) is 9.41. The first-order valence-electron chi connectivity index (χ1n) is 11.1. The maximum absolute atomic E-state index is 14.4. The van der Waals surface area contributed by atoms with Crippen molar-refractivity contribution in [2.24, 2.45) is 0 Å². The summed E-state index contributed by atoms with van der Waals surface area (Å²) >= 11 is 0. The molecule has 1 heterocycles. The van der Waals surface area contributed by atoms with Gasteiger partial charge in [0.1, 0.15) is 11.5 Å². The summed E-state index contributed by atoms with van der Waals surface area (Å²) in [7, 11) is 0. The SMILES string of the molecule is CCN(Cc1ccccc1)C1=C(c2ccc(C)cc2C)C(=O)N(Cc2ccccc2F)C1=O. The summed E-state index contributed by atoms with van der Waals surface area (Å²) in [6.45, 7) is 6.83. The lowest BCUT2D eigenvalue weighted by molar-refractivity contribution is -0.138. The Bertz CT molecular complexity index is 1230. The van der Waals surface area contributed by atoms with Gasteiger partial charge in [-0.25, -0.2) is 4.39 Å². The molecular weight excluding hydrogens is 415 g/mol. The highest BCUT2D eigenvalue weighted by atomic mass is 19.1. The standard InChI is InChI=1S/C28H27FN2O2/c1-4-30(17-21-10-6-5-7-11-21)26-25(23-15-14-19(2)16-20(23)3)27(32)31(28(26)33)18-22-12-8-9-13-24(22)29/h5-16H,4,17-18H2,1-3H3. The lowest BCUT2D eigenvalue weighted by Gasteiger charge is -2.25. The third-order valence-electron chi connectivity index (χ3n) is 6.00. The van der Waals surface area contributed by atoms with Crippen LogP contribution in [0.3, 0.4) is 0 Å². The number of nitrogens with zero attached hydrogens (tertiary/aromatic N) is 2. The first-order chi connectivity index (χ1) is 15.9. The average molecular weight is 443 g/mol. The van der Waals surface area contributed by atoms with Crippen LogP contribution < -0.4 is 0 Å². The van der Waals surface area contributed by atoms with Gasteiger partial charge in [0.15, 0.2) is 0 Å². The van der Waals surface area contributed by atoms with E-state index in [9.17, 15) is 14.0 Å². The second-order valence-corrected chi connectivity index (χ2v) is 8.33. The van der Waals surface area contributed by atoms with Crippen molar-refractivity contribution in [3.63, 3.8) is 0 Å². The molecule has 5 heteroatoms. The number of hydrogen-bond donors (Lipinski definition) is 0. The van der Waals surface area contributed by atoms with Crippen LogP contribution in [0.2, 0.25) is 0 Å². The molecule has 0 atom stereocenters. The highest BCUT2D eigenvalue weighted by Gasteiger charge is 2.42. The van der Waals surface area contributed by atoms with Gasteiger partial charge in [0.2, 0.25) is 0 Å². The zero-order valence-electron chi connectivity index (χ0n) is 19.1. The van der Waals surface area contributed by atoms with Crippen LogP contribution in [0.4, 0.5) is 4.39 Å². The van der Waals surface area contributed by atoms with E-state index >= 15 is 0 Å². The Morgan fingerprint density at radius 3 is 2.24 bits per heavy atom. The topological polar surface area (TPSA) is 40.6 Å². The molecule has 0 radical (unpaired) electrons. The summed E-state index contributed by atoms with van der Waals surface area (Å²) in [6, 6.07) is 21.9. The largest absolute Gasteiger partial charge is 0.362 e. The van der Waals surface area contributed by atoms with Crippen LogP contribution in [-0.2, 0) is 22.7 Å². The fourth-order valence-electron chi connectivity index (χ4n) is 4.29. The molecule has 0 unspecified atom stereocenters. The summed E-state index contributed by atoms with van der Waals surface area (Å²) in [5, 5.41) is 0. The van der Waals surface area contributed by atoms with E-state index in [1.807, 2.05) is 74.2 Å². The normalized spacial score (nSPS) is 13.8. The Morgan fingerprint density at radius 1 is 0.879 bits per heavy atom. The van der Waals surface area contributed by atoms with Crippen molar-refractivity contribution in [2.75, 3.05) is 6.54 Å². The molecule has 168 valence electrons. The lowest BCUT2D eigenvalue weighted by atomic mass is 9.97. The van der Waals surface area contributed by atoms with Gasteiger partial charge in [-0.3, -0.25) is 14.5 Å². The van der Waals surface area contributed by atoms with E-state index in [-0.39, 0.29) is 6.54 Å². The van der Waals surface area contributed by atoms with Crippen molar-refractivity contribution in [3.05, 3.63) is 112 Å². The van der Waals surface area contributed by atoms with Gasteiger partial charge in [-0.05, 0) is 43.5 Å². The first-order valence-corrected chi connectivity index (χ1v) is 11.1. The van der Waals surface area contributed by atoms with Gasteiger partial charge in [-0.2, -0.15) is 0 Å². The van der Waals surface area contributed by atoms with Crippen molar-refractivity contribution in [1.82, 2.24) is 9.80 Å². The molecule has 3 aromatic carbocycles. The predicted molar refractivity (Wildman–Crippen MR) is 127 cm³/mol. The fraction of sp³-hybridized carbons (Fsp3) is 0.214. The van der Waals surface area contributed by atoms with Crippen LogP contribution in [-0.4, -0.2) is 28.2 Å². The Balaban J connectivity index is 1.81. The number of carbonyl (C=O) groups excluding carboxylic acids is 2. The number of benzene rings is 3. The molecule has 0 aromatic heterocycles. The highest BCUT2D eigenvalue weighted by molar-refractivity contribution is 6.35. The zero-order chi connectivity index (χ0) is 23.5. The quantitative estimate of drug-likeness (QED) is 0.470. The molecule has 3 aromatic rings. The average Bonchev–Trinajstić information content (AvgIpc) is 3.04. The zero-order valence-corrected chi connectivity index (χ0v) is 19.1. The summed E-state index contributed by atoms with van der Waals surface area (Å²) in [5.74, 6) is -1.22. The summed E-state index contributed by atoms with van der Waals surface area (Å²) in [5.41, 5.74) is 4.84. The minimum Gasteiger partial charge on any atom is -0.362 e. The number of aryl methyl sites for hydroxylation is 2. The van der Waals surface area contributed by atoms with Gasteiger partial charge in [0.25, 0.3) is 11.8 Å². The molecule has 33 heavy (non-hydrogen) atoms. The third kappa shape index (κ3) is 4.44. The molecule has 0 aliphatic carbocycles. The lowest BCUT2D eigenvalue weighted by Crippen LogP contribution is -2.35. The molecule has 4 rings (SSSR count). The van der Waals surface area contributed by atoms with Crippen LogP contribution >= 0.6 is 0 Å². The van der Waals surface area contributed by atoms with Gasteiger partial charge in [-0.1, -0.05) is 72.3 Å². The summed E-state index contributed by atoms with van der Waals surface area (Å²) in [6.07, 6.45) is 0. The van der Waals surface area contributed by atoms with E-state index in [0.717, 1.165) is 27.2 Å². The Labute approximate surface area is 194 Å². The van der Waals surface area contributed by atoms with Crippen LogP contribution in [0.1, 0.15) is 34.7 Å². The van der Waals surface area contributed by atoms with E-state index in [4.69, 9.17) is 0 Å². The number of rotatable bonds is 7. The summed E-state index contributed by atoms with van der Waals surface area (Å²) < 4.78 is 14.4. The minimum atomic E-state index is -0.434. The Morgan fingerprint density at radius 2 is 1.58 bits per heavy atom. The molecule has 0 bridgehead atoms. The molecule has 0 saturated heterocycles. The van der Waals surface area contributed by atoms with Crippen molar-refractivity contribution in [2.45, 2.75) is 33.9 Å². The van der Waals surface area contributed by atoms with Crippen molar-refractivity contribution >= 4 is 17.4 Å². The van der Waals surface area contributed by atoms with E-state index in [1.54, 1.807) is 18.2 Å². The van der Waals surface area contributed by atoms with E-state index in [2.05, 4.69) is 0 Å². The van der Waals surface area contributed by atoms with Gasteiger partial charge in [-0.15, -0.1) is 0 Å². The first kappa shape index (κ1) is 22.5. The second-order valence-electron chi connectivity index (χ2n) is 8.33. The molecule has 0 N–H and O–H groups in total. The van der Waals surface area contributed by atoms with Crippen molar-refractivity contribution in [3.8, 4) is 0 Å². The highest BCUT2D eigenvalue weighted by Crippen LogP contribution is 2.35. The van der Waals surface area contributed by atoms with Crippen molar-refractivity contribution in [1.29, 1.82) is 0 Å². The molecule has 0 spiro atoms. The molecule has 4 nitrogen and oxygen atoms in total. The monoisotopic (exact) mass is 442 g/mol. The molecule has 0 saturated carbocycles. The number of carbonyl (C=O) groups is 2. The Hall–Kier alpha value is -3.73.